The molecule has 36 heavy (non-hydrogen) atoms. The van der Waals surface area contributed by atoms with Gasteiger partial charge >= 0.3 is 0 Å². The summed E-state index contributed by atoms with van der Waals surface area (Å²) in [5, 5.41) is 8.82. The zero-order valence-corrected chi connectivity index (χ0v) is 22.7. The first kappa shape index (κ1) is 27.7. The first-order chi connectivity index (χ1) is 17.0. The molecule has 1 aromatic carbocycles. The van der Waals surface area contributed by atoms with E-state index in [0.29, 0.717) is 35.7 Å². The van der Waals surface area contributed by atoms with Crippen molar-refractivity contribution in [2.75, 3.05) is 33.8 Å². The number of benzene rings is 1. The number of ether oxygens (including phenoxy) is 1. The standard InChI is InChI=1S/C25H38N6O4S/c1-7-9-17(3)31-23(18(4)26)25(32)27-24(28-31)21-16-20(10-11-22(21)35-8-2)36(33,34)30(6)19-12-14-29(5)15-13-19/h10-11,16,19H,3,7-9,12-15,26H2,1-2,4-6H3,(H,27,28,32)/b23-18-. The molecule has 2 aliphatic rings. The molecule has 1 amide bonds. The molecule has 0 unspecified atom stereocenters. The lowest BCUT2D eigenvalue weighted by Gasteiger charge is -2.34. The number of sulfonamides is 1. The van der Waals surface area contributed by atoms with Crippen LogP contribution in [0.4, 0.5) is 0 Å². The number of hydrogen-bond acceptors (Lipinski definition) is 8. The van der Waals surface area contributed by atoms with Gasteiger partial charge in [-0.2, -0.15) is 4.31 Å². The van der Waals surface area contributed by atoms with Gasteiger partial charge in [-0.25, -0.2) is 13.4 Å². The lowest BCUT2D eigenvalue weighted by atomic mass is 10.1. The van der Waals surface area contributed by atoms with Crippen LogP contribution in [0.3, 0.4) is 0 Å². The van der Waals surface area contributed by atoms with Gasteiger partial charge in [0, 0.05) is 24.5 Å². The summed E-state index contributed by atoms with van der Waals surface area (Å²) in [6.07, 6.45) is 2.94. The highest BCUT2D eigenvalue weighted by atomic mass is 32.2. The average molecular weight is 519 g/mol. The molecule has 0 saturated carbocycles. The van der Waals surface area contributed by atoms with Crippen LogP contribution in [0.5, 0.6) is 5.75 Å². The van der Waals surface area contributed by atoms with Gasteiger partial charge in [-0.3, -0.25) is 4.79 Å². The molecule has 0 spiro atoms. The Morgan fingerprint density at radius 1 is 1.31 bits per heavy atom. The summed E-state index contributed by atoms with van der Waals surface area (Å²) < 4.78 is 34.4. The molecule has 10 nitrogen and oxygen atoms in total. The van der Waals surface area contributed by atoms with Crippen molar-refractivity contribution in [2.45, 2.75) is 57.4 Å². The number of hydrazone groups is 1. The van der Waals surface area contributed by atoms with E-state index in [0.717, 1.165) is 32.4 Å². The normalized spacial score (nSPS) is 19.2. The maximum absolute atomic E-state index is 13.6. The Morgan fingerprint density at radius 3 is 2.56 bits per heavy atom. The highest BCUT2D eigenvalue weighted by molar-refractivity contribution is 7.89. The summed E-state index contributed by atoms with van der Waals surface area (Å²) in [5.74, 6) is 0.136. The number of nitrogens with zero attached hydrogens (tertiary/aromatic N) is 4. The number of nitrogens with one attached hydrogen (secondary N) is 1. The minimum atomic E-state index is -3.79. The van der Waals surface area contributed by atoms with Crippen LogP contribution < -0.4 is 15.8 Å². The molecule has 1 fully saturated rings. The predicted octanol–water partition coefficient (Wildman–Crippen LogP) is 2.40. The third-order valence-electron chi connectivity index (χ3n) is 6.46. The SMILES string of the molecule is C=C(CCC)N1N=C(c2cc(S(=O)(=O)N(C)C3CCN(C)CC3)ccc2OCC)NC(=O)/C1=C(\C)N. The van der Waals surface area contributed by atoms with E-state index < -0.39 is 15.9 Å². The minimum Gasteiger partial charge on any atom is -0.493 e. The lowest BCUT2D eigenvalue weighted by molar-refractivity contribution is -0.118. The van der Waals surface area contributed by atoms with Gasteiger partial charge in [-0.15, -0.1) is 5.10 Å². The predicted molar refractivity (Wildman–Crippen MR) is 141 cm³/mol. The summed E-state index contributed by atoms with van der Waals surface area (Å²) in [5.41, 5.74) is 7.46. The second kappa shape index (κ2) is 11.4. The van der Waals surface area contributed by atoms with Crippen LogP contribution in [-0.2, 0) is 14.8 Å². The molecule has 11 heteroatoms. The minimum absolute atomic E-state index is 0.0824. The summed E-state index contributed by atoms with van der Waals surface area (Å²) in [4.78, 5) is 15.3. The molecule has 0 atom stereocenters. The molecule has 3 N–H and O–H groups in total. The van der Waals surface area contributed by atoms with Gasteiger partial charge in [0.1, 0.15) is 11.4 Å². The largest absolute Gasteiger partial charge is 0.493 e. The van der Waals surface area contributed by atoms with E-state index >= 15 is 0 Å². The summed E-state index contributed by atoms with van der Waals surface area (Å²) in [6, 6.07) is 4.56. The maximum Gasteiger partial charge on any atom is 0.277 e. The van der Waals surface area contributed by atoms with Crippen LogP contribution in [-0.4, -0.2) is 74.2 Å². The number of piperidine rings is 1. The molecule has 3 rings (SSSR count). The van der Waals surface area contributed by atoms with E-state index in [2.05, 4.69) is 21.9 Å². The summed E-state index contributed by atoms with van der Waals surface area (Å²) in [7, 11) is -0.135. The van der Waals surface area contributed by atoms with Crippen LogP contribution >= 0.6 is 0 Å². The Kier molecular flexibility index (Phi) is 8.80. The second-order valence-electron chi connectivity index (χ2n) is 9.21. The van der Waals surface area contributed by atoms with Gasteiger partial charge in [-0.1, -0.05) is 19.9 Å². The molecule has 0 aromatic heterocycles. The van der Waals surface area contributed by atoms with Crippen molar-refractivity contribution in [3.63, 3.8) is 0 Å². The molecule has 0 aliphatic carbocycles. The number of likely N-dealkylation sites (tertiary alicyclic amines) is 1. The first-order valence-electron chi connectivity index (χ1n) is 12.3. The van der Waals surface area contributed by atoms with Crippen LogP contribution in [0, 0.1) is 0 Å². The quantitative estimate of drug-likeness (QED) is 0.482. The highest BCUT2D eigenvalue weighted by Crippen LogP contribution is 2.30. The van der Waals surface area contributed by atoms with E-state index in [4.69, 9.17) is 10.5 Å². The molecule has 0 bridgehead atoms. The van der Waals surface area contributed by atoms with Crippen LogP contribution in [0.15, 0.2) is 51.9 Å². The summed E-state index contributed by atoms with van der Waals surface area (Å²) >= 11 is 0. The molecule has 1 aromatic rings. The molecule has 1 saturated heterocycles. The van der Waals surface area contributed by atoms with E-state index in [1.165, 1.54) is 21.4 Å². The molecule has 2 aliphatic heterocycles. The number of rotatable bonds is 9. The fraction of sp³-hybridized carbons (Fsp3) is 0.520. The molecular weight excluding hydrogens is 480 g/mol. The Morgan fingerprint density at radius 2 is 1.97 bits per heavy atom. The molecule has 2 heterocycles. The molecule has 198 valence electrons. The average Bonchev–Trinajstić information content (AvgIpc) is 2.83. The lowest BCUT2D eigenvalue weighted by Crippen LogP contribution is -2.45. The number of amides is 1. The van der Waals surface area contributed by atoms with Crippen molar-refractivity contribution < 1.29 is 17.9 Å². The number of nitrogens with two attached hydrogens (primary N) is 1. The van der Waals surface area contributed by atoms with E-state index in [9.17, 15) is 13.2 Å². The van der Waals surface area contributed by atoms with Crippen molar-refractivity contribution in [1.29, 1.82) is 0 Å². The van der Waals surface area contributed by atoms with Crippen LogP contribution in [0.1, 0.15) is 52.0 Å². The maximum atomic E-state index is 13.6. The third kappa shape index (κ3) is 5.74. The number of hydrogen-bond donors (Lipinski definition) is 2. The second-order valence-corrected chi connectivity index (χ2v) is 11.2. The fourth-order valence-electron chi connectivity index (χ4n) is 4.39. The summed E-state index contributed by atoms with van der Waals surface area (Å²) in [6.45, 7) is 11.6. The third-order valence-corrected chi connectivity index (χ3v) is 8.36. The van der Waals surface area contributed by atoms with Crippen LogP contribution in [0.2, 0.25) is 0 Å². The topological polar surface area (TPSA) is 121 Å². The Labute approximate surface area is 214 Å². The van der Waals surface area contributed by atoms with Crippen LogP contribution in [0.25, 0.3) is 0 Å². The smallest absolute Gasteiger partial charge is 0.277 e. The molecule has 0 radical (unpaired) electrons. The van der Waals surface area contributed by atoms with Gasteiger partial charge in [0.2, 0.25) is 10.0 Å². The first-order valence-corrected chi connectivity index (χ1v) is 13.7. The van der Waals surface area contributed by atoms with Crippen molar-refractivity contribution in [3.8, 4) is 5.75 Å². The van der Waals surface area contributed by atoms with E-state index in [1.54, 1.807) is 20.0 Å². The van der Waals surface area contributed by atoms with Gasteiger partial charge in [0.25, 0.3) is 5.91 Å². The number of amidine groups is 1. The monoisotopic (exact) mass is 518 g/mol. The van der Waals surface area contributed by atoms with E-state index in [1.807, 2.05) is 20.9 Å². The Hall–Kier alpha value is -2.89. The molecular formula is C25H38N6O4S. The van der Waals surface area contributed by atoms with Crippen molar-refractivity contribution in [3.05, 3.63) is 47.4 Å². The van der Waals surface area contributed by atoms with Crippen molar-refractivity contribution in [2.24, 2.45) is 10.8 Å². The zero-order valence-electron chi connectivity index (χ0n) is 21.9. The van der Waals surface area contributed by atoms with Crippen molar-refractivity contribution >= 4 is 21.8 Å². The van der Waals surface area contributed by atoms with E-state index in [-0.39, 0.29) is 22.5 Å². The zero-order chi connectivity index (χ0) is 26.6. The van der Waals surface area contributed by atoms with Gasteiger partial charge in [-0.05, 0) is 71.4 Å². The highest BCUT2D eigenvalue weighted by Gasteiger charge is 2.33. The van der Waals surface area contributed by atoms with Gasteiger partial charge < -0.3 is 20.7 Å². The van der Waals surface area contributed by atoms with Crippen molar-refractivity contribution in [1.82, 2.24) is 19.5 Å². The van der Waals surface area contributed by atoms with Gasteiger partial charge in [0.15, 0.2) is 5.84 Å². The number of carbonyl (C=O) groups excluding carboxylic acids is 1. The van der Waals surface area contributed by atoms with Gasteiger partial charge in [0.05, 0.1) is 17.1 Å². The number of carbonyl (C=O) groups is 1. The fourth-order valence-corrected chi connectivity index (χ4v) is 5.83. The Balaban J connectivity index is 2.07. The number of allylic oxidation sites excluding steroid dienone is 2. The Bertz CT molecular complexity index is 1160.